The van der Waals surface area contributed by atoms with Crippen LogP contribution in [0.1, 0.15) is 49.7 Å². The Morgan fingerprint density at radius 1 is 1.41 bits per heavy atom. The van der Waals surface area contributed by atoms with E-state index in [1.54, 1.807) is 7.11 Å². The predicted molar refractivity (Wildman–Crippen MR) is 65.9 cm³/mol. The summed E-state index contributed by atoms with van der Waals surface area (Å²) in [5.74, 6) is 1.17. The van der Waals surface area contributed by atoms with Gasteiger partial charge < -0.3 is 9.72 Å². The summed E-state index contributed by atoms with van der Waals surface area (Å²) in [7, 11) is 1.70. The first-order chi connectivity index (χ1) is 8.20. The molecule has 1 N–H and O–H groups in total. The lowest BCUT2D eigenvalue weighted by Crippen LogP contribution is -2.23. The molecule has 1 unspecified atom stereocenters. The van der Waals surface area contributed by atoms with E-state index in [0.717, 1.165) is 18.5 Å². The van der Waals surface area contributed by atoms with Crippen LogP contribution in [0.15, 0.2) is 10.9 Å². The summed E-state index contributed by atoms with van der Waals surface area (Å²) in [4.78, 5) is 18.7. The maximum absolute atomic E-state index is 11.5. The van der Waals surface area contributed by atoms with Gasteiger partial charge in [-0.3, -0.25) is 4.79 Å². The molecule has 0 bridgehead atoms. The lowest BCUT2D eigenvalue weighted by molar-refractivity contribution is 0.0286. The van der Waals surface area contributed by atoms with Gasteiger partial charge >= 0.3 is 0 Å². The molecule has 1 aromatic heterocycles. The first-order valence-electron chi connectivity index (χ1n) is 6.31. The SMILES string of the molecule is COC(c1nc(C)cc(=O)[nH]1)C1CCCCC1. The Labute approximate surface area is 101 Å². The molecule has 1 aliphatic carbocycles. The van der Waals surface area contributed by atoms with Crippen molar-refractivity contribution in [2.24, 2.45) is 5.92 Å². The smallest absolute Gasteiger partial charge is 0.251 e. The summed E-state index contributed by atoms with van der Waals surface area (Å²) in [6.45, 7) is 1.84. The molecule has 0 aliphatic heterocycles. The van der Waals surface area contributed by atoms with Crippen molar-refractivity contribution in [1.82, 2.24) is 9.97 Å². The van der Waals surface area contributed by atoms with Crippen LogP contribution < -0.4 is 5.56 Å². The van der Waals surface area contributed by atoms with E-state index < -0.39 is 0 Å². The molecule has 1 fully saturated rings. The topological polar surface area (TPSA) is 55.0 Å². The van der Waals surface area contributed by atoms with E-state index in [9.17, 15) is 4.79 Å². The lowest BCUT2D eigenvalue weighted by Gasteiger charge is -2.28. The third-order valence-corrected chi connectivity index (χ3v) is 3.49. The summed E-state index contributed by atoms with van der Waals surface area (Å²) in [5.41, 5.74) is 0.659. The second-order valence-electron chi connectivity index (χ2n) is 4.83. The third kappa shape index (κ3) is 2.94. The van der Waals surface area contributed by atoms with Crippen LogP contribution in [0.5, 0.6) is 0 Å². The fourth-order valence-electron chi connectivity index (χ4n) is 2.70. The number of nitrogens with zero attached hydrogens (tertiary/aromatic N) is 1. The molecular weight excluding hydrogens is 216 g/mol. The van der Waals surface area contributed by atoms with Crippen molar-refractivity contribution in [2.75, 3.05) is 7.11 Å². The molecule has 1 saturated carbocycles. The van der Waals surface area contributed by atoms with E-state index in [1.807, 2.05) is 6.92 Å². The molecule has 94 valence electrons. The van der Waals surface area contributed by atoms with E-state index in [1.165, 1.54) is 25.3 Å². The van der Waals surface area contributed by atoms with Crippen LogP contribution in [-0.4, -0.2) is 17.1 Å². The summed E-state index contributed by atoms with van der Waals surface area (Å²) in [6, 6.07) is 1.51. The largest absolute Gasteiger partial charge is 0.373 e. The monoisotopic (exact) mass is 236 g/mol. The van der Waals surface area contributed by atoms with Crippen LogP contribution >= 0.6 is 0 Å². The van der Waals surface area contributed by atoms with E-state index in [0.29, 0.717) is 11.7 Å². The van der Waals surface area contributed by atoms with Crippen molar-refractivity contribution in [3.8, 4) is 0 Å². The third-order valence-electron chi connectivity index (χ3n) is 3.49. The minimum absolute atomic E-state index is 0.0668. The molecule has 0 spiro atoms. The number of hydrogen-bond donors (Lipinski definition) is 1. The summed E-state index contributed by atoms with van der Waals surface area (Å²) < 4.78 is 5.55. The van der Waals surface area contributed by atoms with Crippen molar-refractivity contribution in [3.63, 3.8) is 0 Å². The minimum atomic E-state index is -0.0923. The highest BCUT2D eigenvalue weighted by Gasteiger charge is 2.26. The van der Waals surface area contributed by atoms with Gasteiger partial charge in [-0.05, 0) is 25.7 Å². The number of H-pyrrole nitrogens is 1. The average Bonchev–Trinajstić information content (AvgIpc) is 2.30. The first kappa shape index (κ1) is 12.3. The minimum Gasteiger partial charge on any atom is -0.373 e. The quantitative estimate of drug-likeness (QED) is 0.876. The van der Waals surface area contributed by atoms with Crippen LogP contribution in [-0.2, 0) is 4.74 Å². The molecule has 1 aliphatic rings. The van der Waals surface area contributed by atoms with Gasteiger partial charge in [0.05, 0.1) is 0 Å². The van der Waals surface area contributed by atoms with Gasteiger partial charge in [0.1, 0.15) is 11.9 Å². The fraction of sp³-hybridized carbons (Fsp3) is 0.692. The number of nitrogens with one attached hydrogen (secondary N) is 1. The van der Waals surface area contributed by atoms with E-state index in [-0.39, 0.29) is 11.7 Å². The normalized spacial score (nSPS) is 19.2. The zero-order valence-corrected chi connectivity index (χ0v) is 10.5. The number of rotatable bonds is 3. The Morgan fingerprint density at radius 2 is 2.12 bits per heavy atom. The number of aryl methyl sites for hydroxylation is 1. The van der Waals surface area contributed by atoms with Crippen LogP contribution in [0, 0.1) is 12.8 Å². The summed E-state index contributed by atoms with van der Waals surface area (Å²) in [5, 5.41) is 0. The maximum atomic E-state index is 11.5. The Kier molecular flexibility index (Phi) is 3.94. The highest BCUT2D eigenvalue weighted by atomic mass is 16.5. The number of ether oxygens (including phenoxy) is 1. The van der Waals surface area contributed by atoms with Gasteiger partial charge in [0, 0.05) is 18.9 Å². The van der Waals surface area contributed by atoms with Gasteiger partial charge in [-0.15, -0.1) is 0 Å². The average molecular weight is 236 g/mol. The molecule has 1 heterocycles. The zero-order valence-electron chi connectivity index (χ0n) is 10.5. The fourth-order valence-corrected chi connectivity index (χ4v) is 2.70. The van der Waals surface area contributed by atoms with Crippen LogP contribution in [0.2, 0.25) is 0 Å². The summed E-state index contributed by atoms with van der Waals surface area (Å²) in [6.07, 6.45) is 6.07. The van der Waals surface area contributed by atoms with Crippen molar-refractivity contribution in [2.45, 2.75) is 45.1 Å². The molecule has 0 aromatic carbocycles. The Balaban J connectivity index is 2.24. The molecule has 4 heteroatoms. The van der Waals surface area contributed by atoms with Crippen molar-refractivity contribution in [3.05, 3.63) is 27.9 Å². The Bertz CT molecular complexity index is 422. The highest BCUT2D eigenvalue weighted by molar-refractivity contribution is 5.03. The van der Waals surface area contributed by atoms with Crippen molar-refractivity contribution < 1.29 is 4.74 Å². The number of hydrogen-bond acceptors (Lipinski definition) is 3. The predicted octanol–water partition coefficient (Wildman–Crippen LogP) is 2.35. The lowest BCUT2D eigenvalue weighted by atomic mass is 9.85. The number of aromatic nitrogens is 2. The van der Waals surface area contributed by atoms with Crippen LogP contribution in [0.3, 0.4) is 0 Å². The Morgan fingerprint density at radius 3 is 2.71 bits per heavy atom. The highest BCUT2D eigenvalue weighted by Crippen LogP contribution is 2.34. The van der Waals surface area contributed by atoms with Crippen molar-refractivity contribution in [1.29, 1.82) is 0 Å². The van der Waals surface area contributed by atoms with Crippen molar-refractivity contribution >= 4 is 0 Å². The molecule has 4 nitrogen and oxygen atoms in total. The number of methoxy groups -OCH3 is 1. The molecule has 1 atom stereocenters. The van der Waals surface area contributed by atoms with Gasteiger partial charge in [0.25, 0.3) is 5.56 Å². The molecule has 0 saturated heterocycles. The van der Waals surface area contributed by atoms with E-state index in [2.05, 4.69) is 9.97 Å². The standard InChI is InChI=1S/C13H20N2O2/c1-9-8-11(16)15-13(14-9)12(17-2)10-6-4-3-5-7-10/h8,10,12H,3-7H2,1-2H3,(H,14,15,16). The molecule has 2 rings (SSSR count). The van der Waals surface area contributed by atoms with Gasteiger partial charge in [-0.1, -0.05) is 19.3 Å². The van der Waals surface area contributed by atoms with Crippen LogP contribution in [0.25, 0.3) is 0 Å². The number of aromatic amines is 1. The first-order valence-corrected chi connectivity index (χ1v) is 6.31. The Hall–Kier alpha value is -1.16. The van der Waals surface area contributed by atoms with E-state index >= 15 is 0 Å². The molecular formula is C13H20N2O2. The van der Waals surface area contributed by atoms with E-state index in [4.69, 9.17) is 4.74 Å². The zero-order chi connectivity index (χ0) is 12.3. The molecule has 17 heavy (non-hydrogen) atoms. The van der Waals surface area contributed by atoms with Gasteiger partial charge in [0.15, 0.2) is 0 Å². The summed E-state index contributed by atoms with van der Waals surface area (Å²) >= 11 is 0. The second kappa shape index (κ2) is 5.45. The molecule has 0 radical (unpaired) electrons. The van der Waals surface area contributed by atoms with Crippen LogP contribution in [0.4, 0.5) is 0 Å². The maximum Gasteiger partial charge on any atom is 0.251 e. The van der Waals surface area contributed by atoms with Gasteiger partial charge in [-0.2, -0.15) is 0 Å². The molecule has 1 aromatic rings. The molecule has 0 amide bonds. The van der Waals surface area contributed by atoms with Gasteiger partial charge in [0.2, 0.25) is 0 Å². The second-order valence-corrected chi connectivity index (χ2v) is 4.83. The van der Waals surface area contributed by atoms with Gasteiger partial charge in [-0.25, -0.2) is 4.98 Å².